The van der Waals surface area contributed by atoms with Crippen LogP contribution in [0.2, 0.25) is 0 Å². The minimum Gasteiger partial charge on any atom is -0.490 e. The first-order valence-electron chi connectivity index (χ1n) is 9.95. The van der Waals surface area contributed by atoms with Gasteiger partial charge in [0, 0.05) is 42.1 Å². The molecule has 1 aromatic heterocycles. The smallest absolute Gasteiger partial charge is 0.254 e. The number of nitrogens with two attached hydrogens (primary N) is 1. The molecule has 0 radical (unpaired) electrons. The van der Waals surface area contributed by atoms with Crippen LogP contribution in [0, 0.1) is 0 Å². The number of nitrogens with zero attached hydrogens (tertiary/aromatic N) is 2. The number of hydrogen-bond acceptors (Lipinski definition) is 5. The Morgan fingerprint density at radius 3 is 2.86 bits per heavy atom. The molecule has 0 spiro atoms. The number of aromatic nitrogens is 1. The van der Waals surface area contributed by atoms with Crippen LogP contribution in [0.4, 0.5) is 0 Å². The molecule has 3 rings (SSSR count). The second kappa shape index (κ2) is 9.55. The van der Waals surface area contributed by atoms with Crippen molar-refractivity contribution in [1.29, 1.82) is 0 Å². The van der Waals surface area contributed by atoms with E-state index < -0.39 is 0 Å². The fourth-order valence-corrected chi connectivity index (χ4v) is 3.60. The van der Waals surface area contributed by atoms with Gasteiger partial charge in [-0.1, -0.05) is 6.07 Å². The molecule has 1 aromatic carbocycles. The molecule has 0 bridgehead atoms. The van der Waals surface area contributed by atoms with Crippen molar-refractivity contribution in [2.24, 2.45) is 5.73 Å². The van der Waals surface area contributed by atoms with Crippen molar-refractivity contribution in [3.05, 3.63) is 53.9 Å². The van der Waals surface area contributed by atoms with Crippen molar-refractivity contribution >= 4 is 5.91 Å². The summed E-state index contributed by atoms with van der Waals surface area (Å²) in [7, 11) is 0. The van der Waals surface area contributed by atoms with Crippen LogP contribution in [-0.4, -0.2) is 41.0 Å². The Morgan fingerprint density at radius 2 is 2.14 bits per heavy atom. The van der Waals surface area contributed by atoms with Crippen molar-refractivity contribution in [3.8, 4) is 11.5 Å². The van der Waals surface area contributed by atoms with Gasteiger partial charge >= 0.3 is 0 Å². The largest absolute Gasteiger partial charge is 0.490 e. The second-order valence-corrected chi connectivity index (χ2v) is 7.17. The second-order valence-electron chi connectivity index (χ2n) is 7.17. The number of hydrogen-bond donors (Lipinski definition) is 1. The van der Waals surface area contributed by atoms with E-state index in [0.29, 0.717) is 30.3 Å². The molecule has 6 heteroatoms. The van der Waals surface area contributed by atoms with Crippen LogP contribution in [0.15, 0.2) is 42.7 Å². The molecule has 1 amide bonds. The van der Waals surface area contributed by atoms with Crippen LogP contribution in [0.3, 0.4) is 0 Å². The standard InChI is InChI=1S/C22H29N3O3/c1-3-27-21-13-18(22(26)25-12-5-4-8-19(25)16(2)23)9-10-20(21)28-15-17-7-6-11-24-14-17/h6-7,9-11,13-14,16,19H,3-5,8,12,15,23H2,1-2H3. The molecule has 150 valence electrons. The fraction of sp³-hybridized carbons (Fsp3) is 0.455. The lowest BCUT2D eigenvalue weighted by Gasteiger charge is -2.38. The summed E-state index contributed by atoms with van der Waals surface area (Å²) < 4.78 is 11.6. The summed E-state index contributed by atoms with van der Waals surface area (Å²) in [5, 5.41) is 0. The summed E-state index contributed by atoms with van der Waals surface area (Å²) in [6.07, 6.45) is 6.57. The molecule has 2 atom stereocenters. The van der Waals surface area contributed by atoms with Gasteiger partial charge in [-0.25, -0.2) is 0 Å². The Labute approximate surface area is 166 Å². The highest BCUT2D eigenvalue weighted by Crippen LogP contribution is 2.31. The summed E-state index contributed by atoms with van der Waals surface area (Å²) >= 11 is 0. The third-order valence-corrected chi connectivity index (χ3v) is 5.02. The van der Waals surface area contributed by atoms with Gasteiger partial charge in [0.15, 0.2) is 11.5 Å². The lowest BCUT2D eigenvalue weighted by atomic mass is 9.96. The SMILES string of the molecule is CCOc1cc(C(=O)N2CCCCC2C(C)N)ccc1OCc1cccnc1. The highest BCUT2D eigenvalue weighted by molar-refractivity contribution is 5.95. The maximum atomic E-state index is 13.1. The van der Waals surface area contributed by atoms with E-state index in [2.05, 4.69) is 4.98 Å². The van der Waals surface area contributed by atoms with E-state index in [4.69, 9.17) is 15.2 Å². The zero-order chi connectivity index (χ0) is 19.9. The molecule has 1 saturated heterocycles. The Kier molecular flexibility index (Phi) is 6.87. The zero-order valence-corrected chi connectivity index (χ0v) is 16.6. The first-order valence-corrected chi connectivity index (χ1v) is 9.95. The predicted molar refractivity (Wildman–Crippen MR) is 109 cm³/mol. The molecule has 1 aliphatic heterocycles. The van der Waals surface area contributed by atoms with Crippen molar-refractivity contribution in [1.82, 2.24) is 9.88 Å². The number of carbonyl (C=O) groups is 1. The molecule has 2 aromatic rings. The molecule has 2 heterocycles. The van der Waals surface area contributed by atoms with E-state index in [1.165, 1.54) is 0 Å². The molecule has 6 nitrogen and oxygen atoms in total. The number of ether oxygens (including phenoxy) is 2. The molecule has 0 aliphatic carbocycles. The molecule has 28 heavy (non-hydrogen) atoms. The van der Waals surface area contributed by atoms with Gasteiger partial charge < -0.3 is 20.1 Å². The van der Waals surface area contributed by atoms with E-state index in [-0.39, 0.29) is 18.0 Å². The summed E-state index contributed by atoms with van der Waals surface area (Å²) in [6, 6.07) is 9.25. The van der Waals surface area contributed by atoms with Crippen LogP contribution in [0.25, 0.3) is 0 Å². The quantitative estimate of drug-likeness (QED) is 0.793. The third kappa shape index (κ3) is 4.81. The molecule has 2 N–H and O–H groups in total. The first kappa shape index (κ1) is 20.1. The topological polar surface area (TPSA) is 77.7 Å². The van der Waals surface area contributed by atoms with Crippen LogP contribution in [0.1, 0.15) is 49.0 Å². The van der Waals surface area contributed by atoms with Crippen molar-refractivity contribution < 1.29 is 14.3 Å². The number of pyridine rings is 1. The lowest BCUT2D eigenvalue weighted by Crippen LogP contribution is -2.51. The summed E-state index contributed by atoms with van der Waals surface area (Å²) in [5.74, 6) is 1.19. The molecule has 1 fully saturated rings. The Bertz CT molecular complexity index is 780. The van der Waals surface area contributed by atoms with E-state index in [9.17, 15) is 4.79 Å². The predicted octanol–water partition coefficient (Wildman–Crippen LogP) is 3.40. The normalized spacial score (nSPS) is 17.8. The minimum atomic E-state index is -0.0438. The van der Waals surface area contributed by atoms with E-state index >= 15 is 0 Å². The molecule has 0 saturated carbocycles. The monoisotopic (exact) mass is 383 g/mol. The summed E-state index contributed by atoms with van der Waals surface area (Å²) in [6.45, 7) is 5.51. The van der Waals surface area contributed by atoms with Crippen LogP contribution >= 0.6 is 0 Å². The van der Waals surface area contributed by atoms with Crippen LogP contribution < -0.4 is 15.2 Å². The lowest BCUT2D eigenvalue weighted by molar-refractivity contribution is 0.0583. The van der Waals surface area contributed by atoms with Gasteiger partial charge in [-0.15, -0.1) is 0 Å². The maximum Gasteiger partial charge on any atom is 0.254 e. The van der Waals surface area contributed by atoms with Crippen molar-refractivity contribution in [2.45, 2.75) is 51.8 Å². The highest BCUT2D eigenvalue weighted by atomic mass is 16.5. The third-order valence-electron chi connectivity index (χ3n) is 5.02. The van der Waals surface area contributed by atoms with Crippen LogP contribution in [0.5, 0.6) is 11.5 Å². The summed E-state index contributed by atoms with van der Waals surface area (Å²) in [4.78, 5) is 19.1. The molecular formula is C22H29N3O3. The number of piperidine rings is 1. The van der Waals surface area contributed by atoms with Gasteiger partial charge in [0.2, 0.25) is 0 Å². The Hall–Kier alpha value is -2.60. The van der Waals surface area contributed by atoms with E-state index in [0.717, 1.165) is 31.4 Å². The van der Waals surface area contributed by atoms with Gasteiger partial charge in [-0.2, -0.15) is 0 Å². The highest BCUT2D eigenvalue weighted by Gasteiger charge is 2.30. The van der Waals surface area contributed by atoms with Crippen LogP contribution in [-0.2, 0) is 6.61 Å². The number of benzene rings is 1. The van der Waals surface area contributed by atoms with Gasteiger partial charge in [0.1, 0.15) is 6.61 Å². The van der Waals surface area contributed by atoms with Gasteiger partial charge in [0.05, 0.1) is 6.61 Å². The number of rotatable bonds is 7. The fourth-order valence-electron chi connectivity index (χ4n) is 3.60. The number of carbonyl (C=O) groups excluding carboxylic acids is 1. The summed E-state index contributed by atoms with van der Waals surface area (Å²) in [5.41, 5.74) is 7.70. The molecule has 1 aliphatic rings. The van der Waals surface area contributed by atoms with Gasteiger partial charge in [-0.05, 0) is 57.4 Å². The molecular weight excluding hydrogens is 354 g/mol. The maximum absolute atomic E-state index is 13.1. The van der Waals surface area contributed by atoms with Gasteiger partial charge in [0.25, 0.3) is 5.91 Å². The minimum absolute atomic E-state index is 0.00163. The Morgan fingerprint density at radius 1 is 1.29 bits per heavy atom. The number of amides is 1. The molecule has 2 unspecified atom stereocenters. The zero-order valence-electron chi connectivity index (χ0n) is 16.6. The van der Waals surface area contributed by atoms with Gasteiger partial charge in [-0.3, -0.25) is 9.78 Å². The average molecular weight is 383 g/mol. The van der Waals surface area contributed by atoms with E-state index in [1.54, 1.807) is 30.6 Å². The van der Waals surface area contributed by atoms with E-state index in [1.807, 2.05) is 30.9 Å². The Balaban J connectivity index is 1.78. The first-order chi connectivity index (χ1) is 13.6. The van der Waals surface area contributed by atoms with Crippen molar-refractivity contribution in [3.63, 3.8) is 0 Å². The van der Waals surface area contributed by atoms with Crippen molar-refractivity contribution in [2.75, 3.05) is 13.2 Å². The average Bonchev–Trinajstić information content (AvgIpc) is 2.73. The number of likely N-dealkylation sites (tertiary alicyclic amines) is 1.